The van der Waals surface area contributed by atoms with Crippen molar-refractivity contribution in [2.24, 2.45) is 0 Å². The third-order valence-corrected chi connectivity index (χ3v) is 4.06. The van der Waals surface area contributed by atoms with Gasteiger partial charge in [0.2, 0.25) is 5.91 Å². The number of hydrogen-bond donors (Lipinski definition) is 2. The first-order valence-corrected chi connectivity index (χ1v) is 7.26. The molecule has 1 amide bonds. The minimum absolute atomic E-state index is 0.107. The highest BCUT2D eigenvalue weighted by molar-refractivity contribution is 5.88. The summed E-state index contributed by atoms with van der Waals surface area (Å²) < 4.78 is 10.3. The Labute approximate surface area is 129 Å². The van der Waals surface area contributed by atoms with E-state index in [0.717, 1.165) is 18.4 Å². The number of carboxylic acid groups (broad SMARTS) is 1. The maximum atomic E-state index is 12.2. The molecular weight excluding hydrogens is 286 g/mol. The molecule has 22 heavy (non-hydrogen) atoms. The molecule has 1 aliphatic carbocycles. The maximum Gasteiger partial charge on any atom is 0.329 e. The van der Waals surface area contributed by atoms with Crippen molar-refractivity contribution in [2.45, 2.75) is 37.6 Å². The summed E-state index contributed by atoms with van der Waals surface area (Å²) in [6.45, 7) is 0. The van der Waals surface area contributed by atoms with Crippen molar-refractivity contribution in [3.8, 4) is 11.5 Å². The van der Waals surface area contributed by atoms with E-state index in [4.69, 9.17) is 9.47 Å². The summed E-state index contributed by atoms with van der Waals surface area (Å²) in [5, 5.41) is 12.1. The Morgan fingerprint density at radius 2 is 1.82 bits per heavy atom. The van der Waals surface area contributed by atoms with Gasteiger partial charge in [0.15, 0.2) is 11.5 Å². The number of carbonyl (C=O) groups is 2. The Morgan fingerprint density at radius 1 is 1.18 bits per heavy atom. The van der Waals surface area contributed by atoms with Crippen molar-refractivity contribution < 1.29 is 24.2 Å². The van der Waals surface area contributed by atoms with Crippen LogP contribution in [0, 0.1) is 0 Å². The van der Waals surface area contributed by atoms with Crippen LogP contribution in [0.1, 0.15) is 31.2 Å². The molecule has 2 rings (SSSR count). The van der Waals surface area contributed by atoms with Crippen molar-refractivity contribution in [1.29, 1.82) is 0 Å². The molecule has 1 aliphatic rings. The first-order chi connectivity index (χ1) is 10.5. The van der Waals surface area contributed by atoms with Crippen molar-refractivity contribution >= 4 is 11.9 Å². The van der Waals surface area contributed by atoms with E-state index in [1.165, 1.54) is 7.11 Å². The zero-order valence-corrected chi connectivity index (χ0v) is 12.8. The number of carbonyl (C=O) groups excluding carboxylic acids is 1. The molecular formula is C16H21NO5. The van der Waals surface area contributed by atoms with E-state index in [-0.39, 0.29) is 12.3 Å². The number of ether oxygens (including phenoxy) is 2. The Bertz CT molecular complexity index is 564. The average molecular weight is 307 g/mol. The van der Waals surface area contributed by atoms with E-state index in [1.54, 1.807) is 25.3 Å². The standard InChI is InChI=1S/C16H21NO5/c1-21-12-6-5-11(9-13(12)22-2)10-14(18)17-16(15(19)20)7-3-4-8-16/h5-6,9H,3-4,7-8,10H2,1-2H3,(H,17,18)(H,19,20). The Hall–Kier alpha value is -2.24. The molecule has 6 nitrogen and oxygen atoms in total. The van der Waals surface area contributed by atoms with Gasteiger partial charge in [0.25, 0.3) is 0 Å². The molecule has 0 atom stereocenters. The second kappa shape index (κ2) is 6.68. The van der Waals surface area contributed by atoms with Crippen LogP contribution in [0.5, 0.6) is 11.5 Å². The SMILES string of the molecule is COc1ccc(CC(=O)NC2(C(=O)O)CCCC2)cc1OC. The van der Waals surface area contributed by atoms with Crippen LogP contribution in [-0.2, 0) is 16.0 Å². The number of methoxy groups -OCH3 is 2. The number of carboxylic acids is 1. The van der Waals surface area contributed by atoms with Crippen LogP contribution in [0.3, 0.4) is 0 Å². The van der Waals surface area contributed by atoms with Gasteiger partial charge in [-0.15, -0.1) is 0 Å². The van der Waals surface area contributed by atoms with Crippen molar-refractivity contribution in [2.75, 3.05) is 14.2 Å². The van der Waals surface area contributed by atoms with Crippen LogP contribution in [-0.4, -0.2) is 36.7 Å². The van der Waals surface area contributed by atoms with Gasteiger partial charge in [-0.25, -0.2) is 4.79 Å². The Morgan fingerprint density at radius 3 is 2.36 bits per heavy atom. The number of rotatable bonds is 6. The second-order valence-corrected chi connectivity index (χ2v) is 5.51. The van der Waals surface area contributed by atoms with Gasteiger partial charge >= 0.3 is 5.97 Å². The number of hydrogen-bond acceptors (Lipinski definition) is 4. The molecule has 120 valence electrons. The summed E-state index contributed by atoms with van der Waals surface area (Å²) in [4.78, 5) is 23.6. The Kier molecular flexibility index (Phi) is 4.90. The first kappa shape index (κ1) is 16.1. The molecule has 1 saturated carbocycles. The van der Waals surface area contributed by atoms with Crippen LogP contribution in [0.15, 0.2) is 18.2 Å². The van der Waals surface area contributed by atoms with Crippen LogP contribution < -0.4 is 14.8 Å². The lowest BCUT2D eigenvalue weighted by Crippen LogP contribution is -2.52. The van der Waals surface area contributed by atoms with E-state index < -0.39 is 11.5 Å². The summed E-state index contributed by atoms with van der Waals surface area (Å²) in [6, 6.07) is 5.22. The molecule has 1 fully saturated rings. The number of benzene rings is 1. The van der Waals surface area contributed by atoms with Crippen molar-refractivity contribution in [3.63, 3.8) is 0 Å². The summed E-state index contributed by atoms with van der Waals surface area (Å²) in [7, 11) is 3.07. The first-order valence-electron chi connectivity index (χ1n) is 7.26. The highest BCUT2D eigenvalue weighted by Gasteiger charge is 2.42. The van der Waals surface area contributed by atoms with E-state index >= 15 is 0 Å². The van der Waals surface area contributed by atoms with Gasteiger partial charge in [0.05, 0.1) is 20.6 Å². The maximum absolute atomic E-state index is 12.2. The topological polar surface area (TPSA) is 84.9 Å². The molecule has 0 heterocycles. The summed E-state index contributed by atoms with van der Waals surface area (Å²) in [6.07, 6.45) is 2.72. The zero-order chi connectivity index (χ0) is 16.2. The highest BCUT2D eigenvalue weighted by Crippen LogP contribution is 2.31. The van der Waals surface area contributed by atoms with Crippen LogP contribution in [0.2, 0.25) is 0 Å². The minimum atomic E-state index is -1.10. The lowest BCUT2D eigenvalue weighted by atomic mass is 9.97. The monoisotopic (exact) mass is 307 g/mol. The van der Waals surface area contributed by atoms with Gasteiger partial charge in [-0.3, -0.25) is 4.79 Å². The molecule has 0 aromatic heterocycles. The summed E-state index contributed by atoms with van der Waals surface area (Å²) in [5.41, 5.74) is -0.359. The quantitative estimate of drug-likeness (QED) is 0.836. The predicted molar refractivity (Wildman–Crippen MR) is 80.2 cm³/mol. The Balaban J connectivity index is 2.07. The average Bonchev–Trinajstić information content (AvgIpc) is 2.96. The zero-order valence-electron chi connectivity index (χ0n) is 12.8. The number of amides is 1. The van der Waals surface area contributed by atoms with E-state index in [2.05, 4.69) is 5.32 Å². The third kappa shape index (κ3) is 3.32. The van der Waals surface area contributed by atoms with E-state index in [1.807, 2.05) is 0 Å². The molecule has 1 aromatic carbocycles. The lowest BCUT2D eigenvalue weighted by molar-refractivity contribution is -0.147. The van der Waals surface area contributed by atoms with Crippen LogP contribution in [0.4, 0.5) is 0 Å². The fourth-order valence-electron chi connectivity index (χ4n) is 2.86. The molecule has 0 bridgehead atoms. The minimum Gasteiger partial charge on any atom is -0.493 e. The fraction of sp³-hybridized carbons (Fsp3) is 0.500. The normalized spacial score (nSPS) is 16.1. The summed E-state index contributed by atoms with van der Waals surface area (Å²) in [5.74, 6) is -0.117. The van der Waals surface area contributed by atoms with Crippen molar-refractivity contribution in [1.82, 2.24) is 5.32 Å². The molecule has 0 radical (unpaired) electrons. The van der Waals surface area contributed by atoms with Gasteiger partial charge in [-0.1, -0.05) is 18.9 Å². The van der Waals surface area contributed by atoms with Gasteiger partial charge in [-0.05, 0) is 30.5 Å². The molecule has 0 aliphatic heterocycles. The molecule has 6 heteroatoms. The second-order valence-electron chi connectivity index (χ2n) is 5.51. The largest absolute Gasteiger partial charge is 0.493 e. The highest BCUT2D eigenvalue weighted by atomic mass is 16.5. The lowest BCUT2D eigenvalue weighted by Gasteiger charge is -2.25. The predicted octanol–water partition coefficient (Wildman–Crippen LogP) is 1.76. The van der Waals surface area contributed by atoms with Gasteiger partial charge in [0.1, 0.15) is 5.54 Å². The molecule has 0 saturated heterocycles. The van der Waals surface area contributed by atoms with Gasteiger partial charge < -0.3 is 19.9 Å². The molecule has 2 N–H and O–H groups in total. The molecule has 0 unspecified atom stereocenters. The number of nitrogens with one attached hydrogen (secondary N) is 1. The molecule has 1 aromatic rings. The van der Waals surface area contributed by atoms with Gasteiger partial charge in [-0.2, -0.15) is 0 Å². The van der Waals surface area contributed by atoms with Crippen LogP contribution in [0.25, 0.3) is 0 Å². The van der Waals surface area contributed by atoms with E-state index in [0.29, 0.717) is 24.3 Å². The summed E-state index contributed by atoms with van der Waals surface area (Å²) >= 11 is 0. The van der Waals surface area contributed by atoms with E-state index in [9.17, 15) is 14.7 Å². The fourth-order valence-corrected chi connectivity index (χ4v) is 2.86. The third-order valence-electron chi connectivity index (χ3n) is 4.06. The van der Waals surface area contributed by atoms with Gasteiger partial charge in [0, 0.05) is 0 Å². The smallest absolute Gasteiger partial charge is 0.329 e. The number of aliphatic carboxylic acids is 1. The van der Waals surface area contributed by atoms with Crippen molar-refractivity contribution in [3.05, 3.63) is 23.8 Å². The van der Waals surface area contributed by atoms with Crippen LogP contribution >= 0.6 is 0 Å². The molecule has 0 spiro atoms.